The summed E-state index contributed by atoms with van der Waals surface area (Å²) in [5.41, 5.74) is 0.765. The molecule has 0 aliphatic carbocycles. The molecular weight excluding hydrogens is 326 g/mol. The Morgan fingerprint density at radius 2 is 1.95 bits per heavy atom. The predicted molar refractivity (Wildman–Crippen MR) is 77.8 cm³/mol. The maximum Gasteiger partial charge on any atom is 0.270 e. The number of halogens is 1. The van der Waals surface area contributed by atoms with Crippen LogP contribution in [0, 0.1) is 10.1 Å². The third kappa shape index (κ3) is 2.83. The van der Waals surface area contributed by atoms with Gasteiger partial charge in [-0.05, 0) is 34.1 Å². The molecule has 1 aromatic carbocycles. The Hall–Kier alpha value is -2.28. The lowest BCUT2D eigenvalue weighted by Gasteiger charge is -2.17. The average molecular weight is 336 g/mol. The van der Waals surface area contributed by atoms with Crippen LogP contribution >= 0.6 is 15.9 Å². The molecule has 102 valence electrons. The number of nitro benzene ring substituents is 1. The first-order valence-electron chi connectivity index (χ1n) is 5.62. The number of amides is 1. The first-order valence-corrected chi connectivity index (χ1v) is 6.42. The molecule has 1 heterocycles. The van der Waals surface area contributed by atoms with E-state index in [9.17, 15) is 14.9 Å². The van der Waals surface area contributed by atoms with Gasteiger partial charge in [0.15, 0.2) is 0 Å². The van der Waals surface area contributed by atoms with Gasteiger partial charge in [0.1, 0.15) is 0 Å². The van der Waals surface area contributed by atoms with Gasteiger partial charge in [0, 0.05) is 41.7 Å². The van der Waals surface area contributed by atoms with E-state index in [1.165, 1.54) is 23.1 Å². The van der Waals surface area contributed by atoms with Gasteiger partial charge in [-0.3, -0.25) is 19.9 Å². The van der Waals surface area contributed by atoms with Crippen LogP contribution < -0.4 is 4.90 Å². The Morgan fingerprint density at radius 3 is 2.55 bits per heavy atom. The standard InChI is InChI=1S/C13H10BrN3O3/c1-16(9-4-6-15-7-5-9)13(18)11-8-10(17(19)20)2-3-12(11)14/h2-8H,1H3. The Labute approximate surface area is 123 Å². The molecule has 6 nitrogen and oxygen atoms in total. The van der Waals surface area contributed by atoms with Crippen molar-refractivity contribution in [2.45, 2.75) is 0 Å². The highest BCUT2D eigenvalue weighted by atomic mass is 79.9. The van der Waals surface area contributed by atoms with Gasteiger partial charge in [0.2, 0.25) is 0 Å². The number of pyridine rings is 1. The lowest BCUT2D eigenvalue weighted by Crippen LogP contribution is -2.26. The third-order valence-electron chi connectivity index (χ3n) is 2.75. The van der Waals surface area contributed by atoms with Crippen LogP contribution in [0.3, 0.4) is 0 Å². The summed E-state index contributed by atoms with van der Waals surface area (Å²) in [6.07, 6.45) is 3.14. The number of aromatic nitrogens is 1. The molecule has 7 heteroatoms. The summed E-state index contributed by atoms with van der Waals surface area (Å²) in [5, 5.41) is 10.8. The van der Waals surface area contributed by atoms with Crippen LogP contribution in [0.25, 0.3) is 0 Å². The van der Waals surface area contributed by atoms with Crippen molar-refractivity contribution in [3.63, 3.8) is 0 Å². The first-order chi connectivity index (χ1) is 9.50. The first kappa shape index (κ1) is 14.1. The fourth-order valence-electron chi connectivity index (χ4n) is 1.66. The lowest BCUT2D eigenvalue weighted by molar-refractivity contribution is -0.384. The number of carbonyl (C=O) groups is 1. The fourth-order valence-corrected chi connectivity index (χ4v) is 2.07. The monoisotopic (exact) mass is 335 g/mol. The van der Waals surface area contributed by atoms with Gasteiger partial charge in [-0.25, -0.2) is 0 Å². The van der Waals surface area contributed by atoms with Gasteiger partial charge >= 0.3 is 0 Å². The summed E-state index contributed by atoms with van der Waals surface area (Å²) in [6.45, 7) is 0. The largest absolute Gasteiger partial charge is 0.311 e. The Morgan fingerprint density at radius 1 is 1.30 bits per heavy atom. The second-order valence-electron chi connectivity index (χ2n) is 3.99. The van der Waals surface area contributed by atoms with Crippen molar-refractivity contribution in [1.29, 1.82) is 0 Å². The third-order valence-corrected chi connectivity index (χ3v) is 3.44. The molecule has 0 spiro atoms. The highest BCUT2D eigenvalue weighted by molar-refractivity contribution is 9.10. The fraction of sp³-hybridized carbons (Fsp3) is 0.0769. The number of hydrogen-bond acceptors (Lipinski definition) is 4. The molecule has 0 saturated heterocycles. The second kappa shape index (κ2) is 5.79. The van der Waals surface area contributed by atoms with Crippen molar-refractivity contribution in [3.05, 3.63) is 62.9 Å². The van der Waals surface area contributed by atoms with Gasteiger partial charge in [-0.1, -0.05) is 0 Å². The predicted octanol–water partition coefficient (Wildman–Crippen LogP) is 3.03. The zero-order chi connectivity index (χ0) is 14.7. The van der Waals surface area contributed by atoms with E-state index < -0.39 is 4.92 Å². The average Bonchev–Trinajstić information content (AvgIpc) is 2.47. The maximum atomic E-state index is 12.4. The van der Waals surface area contributed by atoms with Crippen molar-refractivity contribution in [3.8, 4) is 0 Å². The van der Waals surface area contributed by atoms with Gasteiger partial charge in [-0.2, -0.15) is 0 Å². The SMILES string of the molecule is CN(C(=O)c1cc([N+](=O)[O-])ccc1Br)c1ccncc1. The molecule has 0 radical (unpaired) electrons. The van der Waals surface area contributed by atoms with E-state index in [0.29, 0.717) is 10.2 Å². The van der Waals surface area contributed by atoms with Crippen LogP contribution in [0.4, 0.5) is 11.4 Å². The molecule has 0 N–H and O–H groups in total. The van der Waals surface area contributed by atoms with E-state index in [4.69, 9.17) is 0 Å². The van der Waals surface area contributed by atoms with Crippen LogP contribution in [0.1, 0.15) is 10.4 Å². The maximum absolute atomic E-state index is 12.4. The summed E-state index contributed by atoms with van der Waals surface area (Å²) in [7, 11) is 1.60. The van der Waals surface area contributed by atoms with E-state index >= 15 is 0 Å². The topological polar surface area (TPSA) is 76.3 Å². The summed E-state index contributed by atoms with van der Waals surface area (Å²) < 4.78 is 0.508. The number of nitro groups is 1. The van der Waals surface area contributed by atoms with Crippen molar-refractivity contribution in [2.75, 3.05) is 11.9 Å². The molecule has 2 rings (SSSR count). The zero-order valence-electron chi connectivity index (χ0n) is 10.5. The number of rotatable bonds is 3. The molecule has 0 aliphatic rings. The number of nitrogens with zero attached hydrogens (tertiary/aromatic N) is 3. The molecule has 1 amide bonds. The van der Waals surface area contributed by atoms with Crippen LogP contribution in [0.5, 0.6) is 0 Å². The smallest absolute Gasteiger partial charge is 0.270 e. The number of non-ortho nitro benzene ring substituents is 1. The van der Waals surface area contributed by atoms with Crippen LogP contribution in [-0.4, -0.2) is 22.9 Å². The quantitative estimate of drug-likeness (QED) is 0.638. The lowest BCUT2D eigenvalue weighted by atomic mass is 10.1. The number of benzene rings is 1. The number of carbonyl (C=O) groups excluding carboxylic acids is 1. The molecule has 0 bridgehead atoms. The summed E-state index contributed by atoms with van der Waals surface area (Å²) >= 11 is 3.24. The van der Waals surface area contributed by atoms with Gasteiger partial charge in [-0.15, -0.1) is 0 Å². The molecule has 20 heavy (non-hydrogen) atoms. The van der Waals surface area contributed by atoms with Crippen LogP contribution in [0.2, 0.25) is 0 Å². The normalized spacial score (nSPS) is 10.1. The summed E-state index contributed by atoms with van der Waals surface area (Å²) in [6, 6.07) is 7.45. The molecular formula is C13H10BrN3O3. The van der Waals surface area contributed by atoms with Gasteiger partial charge in [0.05, 0.1) is 10.5 Å². The number of anilines is 1. The van der Waals surface area contributed by atoms with Gasteiger partial charge < -0.3 is 4.90 Å². The molecule has 0 atom stereocenters. The second-order valence-corrected chi connectivity index (χ2v) is 4.85. The van der Waals surface area contributed by atoms with Crippen LogP contribution in [-0.2, 0) is 0 Å². The zero-order valence-corrected chi connectivity index (χ0v) is 12.1. The van der Waals surface area contributed by atoms with Crippen molar-refractivity contribution < 1.29 is 9.72 Å². The summed E-state index contributed by atoms with van der Waals surface area (Å²) in [5.74, 6) is -0.341. The molecule has 0 fully saturated rings. The minimum Gasteiger partial charge on any atom is -0.311 e. The summed E-state index contributed by atoms with van der Waals surface area (Å²) in [4.78, 5) is 27.9. The highest BCUT2D eigenvalue weighted by Gasteiger charge is 2.19. The molecule has 0 aliphatic heterocycles. The Balaban J connectivity index is 2.38. The van der Waals surface area contributed by atoms with E-state index in [2.05, 4.69) is 20.9 Å². The van der Waals surface area contributed by atoms with Gasteiger partial charge in [0.25, 0.3) is 11.6 Å². The van der Waals surface area contributed by atoms with E-state index in [-0.39, 0.29) is 17.2 Å². The Kier molecular flexibility index (Phi) is 4.09. The van der Waals surface area contributed by atoms with E-state index in [1.807, 2.05) is 0 Å². The van der Waals surface area contributed by atoms with E-state index in [1.54, 1.807) is 31.6 Å². The van der Waals surface area contributed by atoms with Crippen molar-refractivity contribution in [2.24, 2.45) is 0 Å². The van der Waals surface area contributed by atoms with Crippen molar-refractivity contribution in [1.82, 2.24) is 4.98 Å². The highest BCUT2D eigenvalue weighted by Crippen LogP contribution is 2.25. The van der Waals surface area contributed by atoms with E-state index in [0.717, 1.165) is 0 Å². The molecule has 0 unspecified atom stereocenters. The Bertz CT molecular complexity index is 661. The molecule has 2 aromatic rings. The minimum absolute atomic E-state index is 0.125. The van der Waals surface area contributed by atoms with Crippen LogP contribution in [0.15, 0.2) is 47.2 Å². The minimum atomic E-state index is -0.532. The molecule has 0 saturated carbocycles. The number of hydrogen-bond donors (Lipinski definition) is 0. The molecule has 1 aromatic heterocycles. The van der Waals surface area contributed by atoms with Crippen molar-refractivity contribution >= 4 is 33.2 Å².